The van der Waals surface area contributed by atoms with E-state index in [4.69, 9.17) is 9.52 Å². The Hall–Kier alpha value is -1.42. The number of aliphatic hydroxyl groups is 1. The Morgan fingerprint density at radius 1 is 1.58 bits per heavy atom. The maximum absolute atomic E-state index is 9.15. The molecule has 0 aliphatic heterocycles. The Balaban J connectivity index is 2.62. The first kappa shape index (κ1) is 7.24. The van der Waals surface area contributed by atoms with E-state index in [1.807, 2.05) is 0 Å². The minimum atomic E-state index is -0.669. The Labute approximate surface area is 68.9 Å². The molecule has 2 heterocycles. The van der Waals surface area contributed by atoms with Crippen molar-refractivity contribution < 1.29 is 9.52 Å². The summed E-state index contributed by atoms with van der Waals surface area (Å²) in [6, 6.07) is 1.72. The number of aliphatic hydroxyl groups excluding tert-OH is 1. The molecule has 1 N–H and O–H groups in total. The molecule has 0 fully saturated rings. The van der Waals surface area contributed by atoms with Gasteiger partial charge in [-0.2, -0.15) is 0 Å². The van der Waals surface area contributed by atoms with E-state index in [1.165, 1.54) is 0 Å². The monoisotopic (exact) mass is 164 g/mol. The highest BCUT2D eigenvalue weighted by Gasteiger charge is 2.09. The number of aromatic nitrogens is 2. The Bertz CT molecular complexity index is 362. The van der Waals surface area contributed by atoms with Crippen LogP contribution < -0.4 is 0 Å². The van der Waals surface area contributed by atoms with Crippen LogP contribution in [-0.2, 0) is 0 Å². The summed E-state index contributed by atoms with van der Waals surface area (Å²) < 4.78 is 5.23. The SMILES string of the molecule is CC(O)c1nc2cnccc2o1. The van der Waals surface area contributed by atoms with Crippen molar-refractivity contribution >= 4 is 11.1 Å². The maximum atomic E-state index is 9.15. The van der Waals surface area contributed by atoms with E-state index in [1.54, 1.807) is 25.4 Å². The van der Waals surface area contributed by atoms with Crippen molar-refractivity contribution in [2.45, 2.75) is 13.0 Å². The number of nitrogens with zero attached hydrogens (tertiary/aromatic N) is 2. The summed E-state index contributed by atoms with van der Waals surface area (Å²) in [5.41, 5.74) is 1.33. The average Bonchev–Trinajstić information content (AvgIpc) is 2.46. The van der Waals surface area contributed by atoms with E-state index in [2.05, 4.69) is 9.97 Å². The van der Waals surface area contributed by atoms with Crippen molar-refractivity contribution in [2.75, 3.05) is 0 Å². The van der Waals surface area contributed by atoms with Gasteiger partial charge in [-0.15, -0.1) is 0 Å². The highest BCUT2D eigenvalue weighted by molar-refractivity contribution is 5.70. The Morgan fingerprint density at radius 3 is 3.08 bits per heavy atom. The lowest BCUT2D eigenvalue weighted by Crippen LogP contribution is -1.89. The third kappa shape index (κ3) is 1.06. The van der Waals surface area contributed by atoms with Crippen LogP contribution in [0.5, 0.6) is 0 Å². The van der Waals surface area contributed by atoms with Crippen molar-refractivity contribution in [2.24, 2.45) is 0 Å². The molecule has 12 heavy (non-hydrogen) atoms. The predicted molar refractivity (Wildman–Crippen MR) is 42.4 cm³/mol. The topological polar surface area (TPSA) is 59.2 Å². The largest absolute Gasteiger partial charge is 0.438 e. The van der Waals surface area contributed by atoms with E-state index in [9.17, 15) is 0 Å². The van der Waals surface area contributed by atoms with Crippen LogP contribution in [-0.4, -0.2) is 15.1 Å². The van der Waals surface area contributed by atoms with E-state index in [0.717, 1.165) is 0 Å². The molecule has 0 amide bonds. The molecule has 4 heteroatoms. The standard InChI is InChI=1S/C8H8N2O2/c1-5(11)8-10-6-4-9-3-2-7(6)12-8/h2-5,11H,1H3. The van der Waals surface area contributed by atoms with Crippen LogP contribution in [0.3, 0.4) is 0 Å². The molecule has 0 aromatic carbocycles. The first-order chi connectivity index (χ1) is 5.77. The van der Waals surface area contributed by atoms with Gasteiger partial charge in [-0.25, -0.2) is 4.98 Å². The van der Waals surface area contributed by atoms with Gasteiger partial charge in [0, 0.05) is 12.3 Å². The zero-order chi connectivity index (χ0) is 8.55. The van der Waals surface area contributed by atoms with E-state index in [-0.39, 0.29) is 0 Å². The molecule has 1 unspecified atom stereocenters. The first-order valence-electron chi connectivity index (χ1n) is 3.66. The van der Waals surface area contributed by atoms with Crippen LogP contribution in [0.2, 0.25) is 0 Å². The second-order valence-corrected chi connectivity index (χ2v) is 2.57. The van der Waals surface area contributed by atoms with Gasteiger partial charge in [0.05, 0.1) is 6.20 Å². The van der Waals surface area contributed by atoms with Gasteiger partial charge in [0.2, 0.25) is 5.89 Å². The van der Waals surface area contributed by atoms with E-state index in [0.29, 0.717) is 17.0 Å². The van der Waals surface area contributed by atoms with Crippen molar-refractivity contribution in [3.8, 4) is 0 Å². The third-order valence-corrected chi connectivity index (χ3v) is 1.56. The number of fused-ring (bicyclic) bond motifs is 1. The summed E-state index contributed by atoms with van der Waals surface area (Å²) in [5.74, 6) is 0.331. The van der Waals surface area contributed by atoms with Gasteiger partial charge in [0.25, 0.3) is 0 Å². The zero-order valence-electron chi connectivity index (χ0n) is 6.56. The number of hydrogen-bond donors (Lipinski definition) is 1. The number of pyridine rings is 1. The molecule has 4 nitrogen and oxygen atoms in total. The van der Waals surface area contributed by atoms with Crippen LogP contribution in [0.15, 0.2) is 22.9 Å². The van der Waals surface area contributed by atoms with E-state index < -0.39 is 6.10 Å². The maximum Gasteiger partial charge on any atom is 0.224 e. The van der Waals surface area contributed by atoms with Crippen molar-refractivity contribution in [1.82, 2.24) is 9.97 Å². The van der Waals surface area contributed by atoms with Crippen LogP contribution in [0.25, 0.3) is 11.1 Å². The fourth-order valence-electron chi connectivity index (χ4n) is 0.977. The molecule has 2 rings (SSSR count). The van der Waals surface area contributed by atoms with Crippen LogP contribution in [0.4, 0.5) is 0 Å². The van der Waals surface area contributed by atoms with Gasteiger partial charge >= 0.3 is 0 Å². The lowest BCUT2D eigenvalue weighted by Gasteiger charge is -1.93. The third-order valence-electron chi connectivity index (χ3n) is 1.56. The Kier molecular flexibility index (Phi) is 1.55. The van der Waals surface area contributed by atoms with Gasteiger partial charge in [0.1, 0.15) is 11.6 Å². The minimum absolute atomic E-state index is 0.331. The van der Waals surface area contributed by atoms with Gasteiger partial charge in [-0.1, -0.05) is 0 Å². The molecule has 0 bridgehead atoms. The molecule has 2 aromatic rings. The first-order valence-corrected chi connectivity index (χ1v) is 3.66. The van der Waals surface area contributed by atoms with Gasteiger partial charge in [-0.3, -0.25) is 4.98 Å². The predicted octanol–water partition coefficient (Wildman–Crippen LogP) is 1.28. The summed E-state index contributed by atoms with van der Waals surface area (Å²) in [5, 5.41) is 9.15. The van der Waals surface area contributed by atoms with Crippen LogP contribution in [0, 0.1) is 0 Å². The van der Waals surface area contributed by atoms with Crippen molar-refractivity contribution in [3.05, 3.63) is 24.4 Å². The molecule has 1 atom stereocenters. The number of hydrogen-bond acceptors (Lipinski definition) is 4. The summed E-state index contributed by atoms with van der Waals surface area (Å²) in [6.45, 7) is 1.61. The van der Waals surface area contributed by atoms with Crippen LogP contribution >= 0.6 is 0 Å². The fraction of sp³-hybridized carbons (Fsp3) is 0.250. The zero-order valence-corrected chi connectivity index (χ0v) is 6.56. The number of oxazole rings is 1. The normalized spacial score (nSPS) is 13.5. The van der Waals surface area contributed by atoms with Gasteiger partial charge < -0.3 is 9.52 Å². The molecule has 0 spiro atoms. The molecular formula is C8H8N2O2. The highest BCUT2D eigenvalue weighted by Crippen LogP contribution is 2.17. The molecule has 0 aliphatic rings. The second-order valence-electron chi connectivity index (χ2n) is 2.57. The fourth-order valence-corrected chi connectivity index (χ4v) is 0.977. The Morgan fingerprint density at radius 2 is 2.42 bits per heavy atom. The van der Waals surface area contributed by atoms with Crippen molar-refractivity contribution in [3.63, 3.8) is 0 Å². The van der Waals surface area contributed by atoms with Crippen molar-refractivity contribution in [1.29, 1.82) is 0 Å². The van der Waals surface area contributed by atoms with Gasteiger partial charge in [0.15, 0.2) is 5.58 Å². The quantitative estimate of drug-likeness (QED) is 0.689. The smallest absolute Gasteiger partial charge is 0.224 e. The average molecular weight is 164 g/mol. The molecular weight excluding hydrogens is 156 g/mol. The number of rotatable bonds is 1. The molecule has 0 saturated heterocycles. The molecule has 0 radical (unpaired) electrons. The molecule has 0 aliphatic carbocycles. The van der Waals surface area contributed by atoms with Gasteiger partial charge in [-0.05, 0) is 6.92 Å². The van der Waals surface area contributed by atoms with E-state index >= 15 is 0 Å². The summed E-state index contributed by atoms with van der Waals surface area (Å²) in [6.07, 6.45) is 2.56. The lowest BCUT2D eigenvalue weighted by molar-refractivity contribution is 0.165. The summed E-state index contributed by atoms with van der Waals surface area (Å²) in [7, 11) is 0. The summed E-state index contributed by atoms with van der Waals surface area (Å²) in [4.78, 5) is 7.91. The molecule has 0 saturated carbocycles. The highest BCUT2D eigenvalue weighted by atomic mass is 16.4. The minimum Gasteiger partial charge on any atom is -0.438 e. The molecule has 2 aromatic heterocycles. The second kappa shape index (κ2) is 2.57. The summed E-state index contributed by atoms with van der Waals surface area (Å²) >= 11 is 0. The molecule has 62 valence electrons. The lowest BCUT2D eigenvalue weighted by atomic mass is 10.4. The van der Waals surface area contributed by atoms with Crippen LogP contribution in [0.1, 0.15) is 18.9 Å².